The minimum Gasteiger partial charge on any atom is -0.477 e. The Labute approximate surface area is 96.3 Å². The van der Waals surface area contributed by atoms with Crippen molar-refractivity contribution in [3.63, 3.8) is 0 Å². The number of aromatic carboxylic acids is 1. The van der Waals surface area contributed by atoms with Crippen molar-refractivity contribution in [2.24, 2.45) is 0 Å². The van der Waals surface area contributed by atoms with Gasteiger partial charge in [-0.1, -0.05) is 13.8 Å². The summed E-state index contributed by atoms with van der Waals surface area (Å²) in [6.07, 6.45) is 4.01. The Morgan fingerprint density at radius 2 is 2.19 bits per heavy atom. The molecule has 1 aromatic heterocycles. The molecule has 0 atom stereocenters. The molecule has 0 saturated heterocycles. The number of nitrogens with zero attached hydrogens (tertiary/aromatic N) is 1. The smallest absolute Gasteiger partial charge is 0.352 e. The minimum atomic E-state index is -0.868. The highest BCUT2D eigenvalue weighted by Crippen LogP contribution is 2.02. The van der Waals surface area contributed by atoms with Gasteiger partial charge in [0.25, 0.3) is 0 Å². The standard InChI is InChI=1S/C12H20N2O2/c1-3-10(4-2)13-7-9-14-8-5-6-11(14)12(15)16/h5-6,8,10,13H,3-4,7,9H2,1-2H3,(H,15,16). The van der Waals surface area contributed by atoms with Crippen molar-refractivity contribution in [1.29, 1.82) is 0 Å². The van der Waals surface area contributed by atoms with Crippen molar-refractivity contribution in [3.8, 4) is 0 Å². The molecule has 1 rings (SSSR count). The monoisotopic (exact) mass is 224 g/mol. The maximum Gasteiger partial charge on any atom is 0.352 e. The molecule has 0 aliphatic heterocycles. The maximum atomic E-state index is 10.9. The molecule has 1 aromatic rings. The summed E-state index contributed by atoms with van der Waals surface area (Å²) in [7, 11) is 0. The fourth-order valence-electron chi connectivity index (χ4n) is 1.77. The van der Waals surface area contributed by atoms with Crippen LogP contribution in [0.2, 0.25) is 0 Å². The van der Waals surface area contributed by atoms with E-state index in [0.29, 0.717) is 18.3 Å². The predicted octanol–water partition coefficient (Wildman–Crippen LogP) is 1.96. The molecule has 0 radical (unpaired) electrons. The van der Waals surface area contributed by atoms with Gasteiger partial charge in [0, 0.05) is 25.3 Å². The first kappa shape index (κ1) is 12.8. The van der Waals surface area contributed by atoms with E-state index in [9.17, 15) is 4.79 Å². The lowest BCUT2D eigenvalue weighted by molar-refractivity contribution is 0.0685. The summed E-state index contributed by atoms with van der Waals surface area (Å²) in [5.41, 5.74) is 0.353. The van der Waals surface area contributed by atoms with Crippen LogP contribution in [0.4, 0.5) is 0 Å². The lowest BCUT2D eigenvalue weighted by Gasteiger charge is -2.15. The van der Waals surface area contributed by atoms with Crippen molar-refractivity contribution < 1.29 is 9.90 Å². The Morgan fingerprint density at radius 1 is 1.50 bits per heavy atom. The van der Waals surface area contributed by atoms with Crippen molar-refractivity contribution >= 4 is 5.97 Å². The average molecular weight is 224 g/mol. The van der Waals surface area contributed by atoms with E-state index in [0.717, 1.165) is 19.4 Å². The number of hydrogen-bond donors (Lipinski definition) is 2. The number of carboxylic acid groups (broad SMARTS) is 1. The summed E-state index contributed by atoms with van der Waals surface area (Å²) in [6.45, 7) is 5.81. The molecule has 4 nitrogen and oxygen atoms in total. The fourth-order valence-corrected chi connectivity index (χ4v) is 1.77. The first-order chi connectivity index (χ1) is 7.69. The van der Waals surface area contributed by atoms with Gasteiger partial charge < -0.3 is 15.0 Å². The number of aromatic nitrogens is 1. The van der Waals surface area contributed by atoms with Crippen LogP contribution in [-0.4, -0.2) is 28.2 Å². The number of rotatable bonds is 7. The van der Waals surface area contributed by atoms with E-state index >= 15 is 0 Å². The first-order valence-electron chi connectivity index (χ1n) is 5.80. The van der Waals surface area contributed by atoms with Gasteiger partial charge >= 0.3 is 5.97 Å². The first-order valence-corrected chi connectivity index (χ1v) is 5.80. The van der Waals surface area contributed by atoms with Gasteiger partial charge in [-0.3, -0.25) is 0 Å². The molecule has 0 aromatic carbocycles. The minimum absolute atomic E-state index is 0.353. The van der Waals surface area contributed by atoms with Crippen LogP contribution in [0, 0.1) is 0 Å². The molecule has 0 bridgehead atoms. The summed E-state index contributed by atoms with van der Waals surface area (Å²) in [5, 5.41) is 12.3. The van der Waals surface area contributed by atoms with Crippen LogP contribution in [0.25, 0.3) is 0 Å². The maximum absolute atomic E-state index is 10.9. The van der Waals surface area contributed by atoms with Gasteiger partial charge in [0.05, 0.1) is 0 Å². The molecule has 2 N–H and O–H groups in total. The highest BCUT2D eigenvalue weighted by molar-refractivity contribution is 5.85. The summed E-state index contributed by atoms with van der Waals surface area (Å²) in [5.74, 6) is -0.868. The summed E-state index contributed by atoms with van der Waals surface area (Å²) >= 11 is 0. The molecule has 0 spiro atoms. The van der Waals surface area contributed by atoms with Crippen molar-refractivity contribution in [2.75, 3.05) is 6.54 Å². The van der Waals surface area contributed by atoms with Crippen LogP contribution in [0.1, 0.15) is 37.2 Å². The average Bonchev–Trinajstić information content (AvgIpc) is 2.72. The SMILES string of the molecule is CCC(CC)NCCn1cccc1C(=O)O. The van der Waals surface area contributed by atoms with E-state index in [2.05, 4.69) is 19.2 Å². The van der Waals surface area contributed by atoms with Gasteiger partial charge in [-0.25, -0.2) is 4.79 Å². The zero-order valence-corrected chi connectivity index (χ0v) is 9.94. The topological polar surface area (TPSA) is 54.3 Å². The Bertz CT molecular complexity index is 330. The largest absolute Gasteiger partial charge is 0.477 e. The van der Waals surface area contributed by atoms with Gasteiger partial charge in [0.1, 0.15) is 5.69 Å². The zero-order chi connectivity index (χ0) is 12.0. The third kappa shape index (κ3) is 3.38. The summed E-state index contributed by atoms with van der Waals surface area (Å²) in [6, 6.07) is 3.92. The van der Waals surface area contributed by atoms with Crippen LogP contribution in [-0.2, 0) is 6.54 Å². The number of carboxylic acids is 1. The molecule has 0 aliphatic carbocycles. The molecule has 90 valence electrons. The van der Waals surface area contributed by atoms with Crippen LogP contribution >= 0.6 is 0 Å². The van der Waals surface area contributed by atoms with Gasteiger partial charge in [0.15, 0.2) is 0 Å². The second-order valence-electron chi connectivity index (χ2n) is 3.86. The Morgan fingerprint density at radius 3 is 2.75 bits per heavy atom. The van der Waals surface area contributed by atoms with Crippen molar-refractivity contribution in [2.45, 2.75) is 39.3 Å². The van der Waals surface area contributed by atoms with E-state index < -0.39 is 5.97 Å². The van der Waals surface area contributed by atoms with Crippen LogP contribution < -0.4 is 5.32 Å². The van der Waals surface area contributed by atoms with E-state index in [1.54, 1.807) is 22.9 Å². The molecular formula is C12H20N2O2. The van der Waals surface area contributed by atoms with E-state index in [4.69, 9.17) is 5.11 Å². The van der Waals surface area contributed by atoms with E-state index in [1.165, 1.54) is 0 Å². The normalized spacial score (nSPS) is 10.9. The molecule has 1 heterocycles. The quantitative estimate of drug-likeness (QED) is 0.744. The highest BCUT2D eigenvalue weighted by Gasteiger charge is 2.08. The molecule has 0 fully saturated rings. The molecule has 0 aliphatic rings. The van der Waals surface area contributed by atoms with Gasteiger partial charge in [-0.15, -0.1) is 0 Å². The van der Waals surface area contributed by atoms with E-state index in [-0.39, 0.29) is 0 Å². The number of nitrogens with one attached hydrogen (secondary N) is 1. The summed E-state index contributed by atoms with van der Waals surface area (Å²) < 4.78 is 1.76. The van der Waals surface area contributed by atoms with Gasteiger partial charge in [-0.05, 0) is 25.0 Å². The fraction of sp³-hybridized carbons (Fsp3) is 0.583. The predicted molar refractivity (Wildman–Crippen MR) is 63.8 cm³/mol. The lowest BCUT2D eigenvalue weighted by Crippen LogP contribution is -2.31. The third-order valence-corrected chi connectivity index (χ3v) is 2.82. The van der Waals surface area contributed by atoms with Crippen LogP contribution in [0.15, 0.2) is 18.3 Å². The second kappa shape index (κ2) is 6.33. The molecule has 16 heavy (non-hydrogen) atoms. The zero-order valence-electron chi connectivity index (χ0n) is 9.94. The second-order valence-corrected chi connectivity index (χ2v) is 3.86. The highest BCUT2D eigenvalue weighted by atomic mass is 16.4. The number of carbonyl (C=O) groups is 1. The molecule has 0 unspecified atom stereocenters. The van der Waals surface area contributed by atoms with Crippen molar-refractivity contribution in [3.05, 3.63) is 24.0 Å². The van der Waals surface area contributed by atoms with Crippen LogP contribution in [0.3, 0.4) is 0 Å². The third-order valence-electron chi connectivity index (χ3n) is 2.82. The Kier molecular flexibility index (Phi) is 5.05. The molecule has 4 heteroatoms. The lowest BCUT2D eigenvalue weighted by atomic mass is 10.2. The Hall–Kier alpha value is -1.29. The van der Waals surface area contributed by atoms with Crippen molar-refractivity contribution in [1.82, 2.24) is 9.88 Å². The molecule has 0 amide bonds. The molecule has 0 saturated carbocycles. The van der Waals surface area contributed by atoms with Crippen LogP contribution in [0.5, 0.6) is 0 Å². The number of hydrogen-bond acceptors (Lipinski definition) is 2. The van der Waals surface area contributed by atoms with E-state index in [1.807, 2.05) is 0 Å². The van der Waals surface area contributed by atoms with Gasteiger partial charge in [-0.2, -0.15) is 0 Å². The Balaban J connectivity index is 2.42. The summed E-state index contributed by atoms with van der Waals surface area (Å²) in [4.78, 5) is 10.9. The molecular weight excluding hydrogens is 204 g/mol. The van der Waals surface area contributed by atoms with Gasteiger partial charge in [0.2, 0.25) is 0 Å².